The lowest BCUT2D eigenvalue weighted by Crippen LogP contribution is -2.41. The maximum Gasteiger partial charge on any atom is 0.348 e. The number of methoxy groups -OCH3 is 1. The van der Waals surface area contributed by atoms with Gasteiger partial charge < -0.3 is 33.5 Å². The van der Waals surface area contributed by atoms with Gasteiger partial charge in [0.2, 0.25) is 0 Å². The van der Waals surface area contributed by atoms with Crippen molar-refractivity contribution in [2.24, 2.45) is 0 Å². The number of rotatable bonds is 17. The average molecular weight is 549 g/mol. The molecule has 0 bridgehead atoms. The second kappa shape index (κ2) is 18.1. The molecule has 0 aromatic rings. The average Bonchev–Trinajstić information content (AvgIpc) is 2.92. The van der Waals surface area contributed by atoms with Crippen molar-refractivity contribution < 1.29 is 62.3 Å². The van der Waals surface area contributed by atoms with Gasteiger partial charge in [0, 0.05) is 0 Å². The zero-order chi connectivity index (χ0) is 29.4. The first-order chi connectivity index (χ1) is 17.9. The van der Waals surface area contributed by atoms with E-state index in [0.717, 1.165) is 7.11 Å². The van der Waals surface area contributed by atoms with Crippen LogP contribution < -0.4 is 0 Å². The fourth-order valence-electron chi connectivity index (χ4n) is 2.87. The summed E-state index contributed by atoms with van der Waals surface area (Å²) in [5.74, 6) is -5.83. The Morgan fingerprint density at radius 1 is 0.447 bits per heavy atom. The number of aliphatic hydroxyl groups excluding tert-OH is 1. The van der Waals surface area contributed by atoms with Gasteiger partial charge in [0.1, 0.15) is 0 Å². The number of carbonyl (C=O) groups excluding carboxylic acids is 6. The molecule has 0 radical (unpaired) electrons. The van der Waals surface area contributed by atoms with Gasteiger partial charge in [-0.25, -0.2) is 28.8 Å². The summed E-state index contributed by atoms with van der Waals surface area (Å²) in [4.78, 5) is 73.7. The van der Waals surface area contributed by atoms with Crippen molar-refractivity contribution in [2.45, 2.75) is 117 Å². The van der Waals surface area contributed by atoms with Crippen molar-refractivity contribution >= 4 is 35.8 Å². The number of carbonyl (C=O) groups is 6. The molecule has 6 unspecified atom stereocenters. The molecule has 13 nitrogen and oxygen atoms in total. The minimum Gasteiger partial charge on any atom is -0.466 e. The molecule has 6 atom stereocenters. The lowest BCUT2D eigenvalue weighted by molar-refractivity contribution is -0.190. The summed E-state index contributed by atoms with van der Waals surface area (Å²) in [6, 6.07) is 0. The van der Waals surface area contributed by atoms with Gasteiger partial charge in [0.05, 0.1) is 7.11 Å². The Morgan fingerprint density at radius 3 is 0.895 bits per heavy atom. The van der Waals surface area contributed by atoms with Crippen LogP contribution in [0.25, 0.3) is 0 Å². The van der Waals surface area contributed by atoms with Crippen LogP contribution in [-0.2, 0) is 57.2 Å². The predicted octanol–water partition coefficient (Wildman–Crippen LogP) is 1.54. The van der Waals surface area contributed by atoms with Gasteiger partial charge in [-0.2, -0.15) is 0 Å². The van der Waals surface area contributed by atoms with E-state index in [1.807, 2.05) is 0 Å². The summed E-state index contributed by atoms with van der Waals surface area (Å²) in [5.41, 5.74) is 0. The summed E-state index contributed by atoms with van der Waals surface area (Å²) in [5, 5.41) is 9.56. The van der Waals surface area contributed by atoms with Crippen molar-refractivity contribution in [3.8, 4) is 0 Å². The Morgan fingerprint density at radius 2 is 0.684 bits per heavy atom. The van der Waals surface area contributed by atoms with Crippen LogP contribution in [0.4, 0.5) is 0 Å². The minimum atomic E-state index is -1.43. The molecule has 0 saturated carbocycles. The van der Waals surface area contributed by atoms with Crippen molar-refractivity contribution in [2.75, 3.05) is 7.11 Å². The summed E-state index contributed by atoms with van der Waals surface area (Å²) < 4.78 is 30.1. The Labute approximate surface area is 222 Å². The molecule has 1 N–H and O–H groups in total. The van der Waals surface area contributed by atoms with E-state index in [1.54, 1.807) is 27.7 Å². The van der Waals surface area contributed by atoms with Crippen molar-refractivity contribution in [3.05, 3.63) is 0 Å². The molecule has 0 aromatic carbocycles. The molecule has 0 amide bonds. The highest BCUT2D eigenvalue weighted by Crippen LogP contribution is 2.14. The molecule has 0 rings (SSSR count). The molecule has 0 heterocycles. The van der Waals surface area contributed by atoms with E-state index in [1.165, 1.54) is 13.8 Å². The summed E-state index contributed by atoms with van der Waals surface area (Å²) in [7, 11) is 1.14. The van der Waals surface area contributed by atoms with Crippen LogP contribution in [0.5, 0.6) is 0 Å². The van der Waals surface area contributed by atoms with Crippen LogP contribution in [0.3, 0.4) is 0 Å². The van der Waals surface area contributed by atoms with Gasteiger partial charge >= 0.3 is 35.8 Å². The second-order valence-electron chi connectivity index (χ2n) is 8.12. The van der Waals surface area contributed by atoms with Crippen LogP contribution in [-0.4, -0.2) is 84.7 Å². The number of aliphatic hydroxyl groups is 1. The highest BCUT2D eigenvalue weighted by molar-refractivity contribution is 5.87. The first-order valence-corrected chi connectivity index (χ1v) is 12.7. The molecular formula is C25H40O13. The van der Waals surface area contributed by atoms with E-state index in [9.17, 15) is 33.9 Å². The second-order valence-corrected chi connectivity index (χ2v) is 8.12. The first kappa shape index (κ1) is 34.8. The molecule has 13 heteroatoms. The van der Waals surface area contributed by atoms with Crippen LogP contribution >= 0.6 is 0 Å². The Hall–Kier alpha value is -3.22. The number of hydrogen-bond donors (Lipinski definition) is 1. The van der Waals surface area contributed by atoms with Crippen LogP contribution in [0.2, 0.25) is 0 Å². The first-order valence-electron chi connectivity index (χ1n) is 12.7. The molecule has 0 saturated heterocycles. The standard InChI is InChI=1S/C25H40O13/c1-8-14(26)20(27)34-16(10-3)22(29)36-18(12-5)24(31)38-19(13-6)25(32)37-17(11-4)23(30)35-15(9-2)21(28)33-7/h14-19,26H,8-13H2,1-7H3. The molecule has 38 heavy (non-hydrogen) atoms. The highest BCUT2D eigenvalue weighted by Gasteiger charge is 2.35. The molecule has 218 valence electrons. The third-order valence-electron chi connectivity index (χ3n) is 5.32. The van der Waals surface area contributed by atoms with Gasteiger partial charge in [-0.15, -0.1) is 0 Å². The smallest absolute Gasteiger partial charge is 0.348 e. The number of esters is 6. The van der Waals surface area contributed by atoms with E-state index in [-0.39, 0.29) is 38.5 Å². The van der Waals surface area contributed by atoms with Gasteiger partial charge in [0.25, 0.3) is 0 Å². The van der Waals surface area contributed by atoms with E-state index in [0.29, 0.717) is 0 Å². The topological polar surface area (TPSA) is 178 Å². The molecule has 0 spiro atoms. The van der Waals surface area contributed by atoms with Crippen LogP contribution in [0, 0.1) is 0 Å². The van der Waals surface area contributed by atoms with Gasteiger partial charge in [-0.1, -0.05) is 41.5 Å². The van der Waals surface area contributed by atoms with Gasteiger partial charge in [-0.05, 0) is 38.5 Å². The van der Waals surface area contributed by atoms with E-state index < -0.39 is 72.4 Å². The Balaban J connectivity index is 5.25. The normalized spacial score (nSPS) is 15.5. The zero-order valence-electron chi connectivity index (χ0n) is 23.1. The Kier molecular flexibility index (Phi) is 16.6. The fourth-order valence-corrected chi connectivity index (χ4v) is 2.87. The number of ether oxygens (including phenoxy) is 6. The lowest BCUT2D eigenvalue weighted by atomic mass is 10.2. The van der Waals surface area contributed by atoms with E-state index >= 15 is 0 Å². The quantitative estimate of drug-likeness (QED) is 0.205. The lowest BCUT2D eigenvalue weighted by Gasteiger charge is -2.23. The minimum absolute atomic E-state index is 0.0195. The van der Waals surface area contributed by atoms with Gasteiger partial charge in [-0.3, -0.25) is 0 Å². The molecule has 0 aliphatic rings. The van der Waals surface area contributed by atoms with E-state index in [2.05, 4.69) is 4.74 Å². The maximum absolute atomic E-state index is 12.7. The zero-order valence-corrected chi connectivity index (χ0v) is 23.1. The van der Waals surface area contributed by atoms with E-state index in [4.69, 9.17) is 23.7 Å². The monoisotopic (exact) mass is 548 g/mol. The summed E-state index contributed by atoms with van der Waals surface area (Å²) >= 11 is 0. The molecule has 0 fully saturated rings. The van der Waals surface area contributed by atoms with Crippen LogP contribution in [0.15, 0.2) is 0 Å². The third kappa shape index (κ3) is 11.0. The molecular weight excluding hydrogens is 508 g/mol. The fraction of sp³-hybridized carbons (Fsp3) is 0.760. The van der Waals surface area contributed by atoms with Crippen molar-refractivity contribution in [1.82, 2.24) is 0 Å². The molecule has 0 aliphatic carbocycles. The van der Waals surface area contributed by atoms with Crippen molar-refractivity contribution in [1.29, 1.82) is 0 Å². The Bertz CT molecular complexity index is 809. The third-order valence-corrected chi connectivity index (χ3v) is 5.32. The SMILES string of the molecule is CCC(O)C(=O)OC(CC)C(=O)OC(CC)C(=O)OC(CC)C(=O)OC(CC)C(=O)OC(CC)C(=O)OC. The van der Waals surface area contributed by atoms with Crippen LogP contribution in [0.1, 0.15) is 80.1 Å². The summed E-state index contributed by atoms with van der Waals surface area (Å²) in [6.07, 6.45) is -7.92. The highest BCUT2D eigenvalue weighted by atomic mass is 16.6. The molecule has 0 aromatic heterocycles. The largest absolute Gasteiger partial charge is 0.466 e. The maximum atomic E-state index is 12.7. The predicted molar refractivity (Wildman–Crippen MR) is 129 cm³/mol. The van der Waals surface area contributed by atoms with Crippen molar-refractivity contribution in [3.63, 3.8) is 0 Å². The van der Waals surface area contributed by atoms with Gasteiger partial charge in [0.15, 0.2) is 36.6 Å². The summed E-state index contributed by atoms with van der Waals surface area (Å²) in [6.45, 7) is 9.31. The molecule has 0 aliphatic heterocycles. The number of hydrogen-bond acceptors (Lipinski definition) is 13.